The van der Waals surface area contributed by atoms with Gasteiger partial charge in [-0.3, -0.25) is 9.59 Å². The van der Waals surface area contributed by atoms with E-state index in [1.165, 1.54) is 12.8 Å². The Labute approximate surface area is 206 Å². The predicted octanol–water partition coefficient (Wildman–Crippen LogP) is 6.41. The van der Waals surface area contributed by atoms with Gasteiger partial charge in [0.1, 0.15) is 5.78 Å². The molecule has 34 heavy (non-hydrogen) atoms. The van der Waals surface area contributed by atoms with Crippen LogP contribution in [-0.4, -0.2) is 28.6 Å². The highest BCUT2D eigenvalue weighted by Gasteiger charge is 2.68. The molecular formula is C30H46O4. The summed E-state index contributed by atoms with van der Waals surface area (Å²) in [5.74, 6) is 0.695. The Bertz CT molecular complexity index is 953. The van der Waals surface area contributed by atoms with Crippen molar-refractivity contribution in [1.82, 2.24) is 0 Å². The Kier molecular flexibility index (Phi) is 5.20. The lowest BCUT2D eigenvalue weighted by Crippen LogP contribution is -2.65. The van der Waals surface area contributed by atoms with Crippen LogP contribution in [0.15, 0.2) is 11.6 Å². The van der Waals surface area contributed by atoms with Gasteiger partial charge >= 0.3 is 5.97 Å². The van der Waals surface area contributed by atoms with E-state index in [2.05, 4.69) is 33.8 Å². The highest BCUT2D eigenvalue weighted by molar-refractivity contribution is 5.86. The summed E-state index contributed by atoms with van der Waals surface area (Å²) in [6.45, 7) is 13.8. The van der Waals surface area contributed by atoms with Gasteiger partial charge in [0.05, 0.1) is 17.4 Å². The molecule has 0 aromatic heterocycles. The maximum absolute atomic E-state index is 13.0. The molecule has 5 rings (SSSR count). The van der Waals surface area contributed by atoms with E-state index in [9.17, 15) is 19.8 Å². The summed E-state index contributed by atoms with van der Waals surface area (Å²) in [5, 5.41) is 20.4. The molecular weight excluding hydrogens is 424 g/mol. The molecule has 0 unspecified atom stereocenters. The Morgan fingerprint density at radius 3 is 2.29 bits per heavy atom. The molecule has 0 saturated heterocycles. The molecule has 190 valence electrons. The van der Waals surface area contributed by atoms with Crippen LogP contribution in [0.3, 0.4) is 0 Å². The number of carbonyl (C=O) groups excluding carboxylic acids is 1. The lowest BCUT2D eigenvalue weighted by molar-refractivity contribution is -0.192. The van der Waals surface area contributed by atoms with Crippen LogP contribution in [0, 0.1) is 50.2 Å². The second-order valence-electron chi connectivity index (χ2n) is 14.6. The van der Waals surface area contributed by atoms with Crippen molar-refractivity contribution in [1.29, 1.82) is 0 Å². The lowest BCUT2D eigenvalue weighted by atomic mass is 9.33. The second-order valence-corrected chi connectivity index (χ2v) is 14.6. The second kappa shape index (κ2) is 7.20. The van der Waals surface area contributed by atoms with Gasteiger partial charge in [-0.05, 0) is 104 Å². The van der Waals surface area contributed by atoms with Crippen molar-refractivity contribution in [3.63, 3.8) is 0 Å². The van der Waals surface area contributed by atoms with Gasteiger partial charge < -0.3 is 10.2 Å². The quantitative estimate of drug-likeness (QED) is 0.457. The number of Topliss-reactive ketones (excluding diaryl/α,β-unsaturated/α-hetero) is 1. The van der Waals surface area contributed by atoms with Crippen LogP contribution >= 0.6 is 0 Å². The summed E-state index contributed by atoms with van der Waals surface area (Å²) in [4.78, 5) is 25.2. The van der Waals surface area contributed by atoms with Gasteiger partial charge in [0, 0.05) is 6.42 Å². The smallest absolute Gasteiger partial charge is 0.309 e. The Morgan fingerprint density at radius 1 is 0.971 bits per heavy atom. The van der Waals surface area contributed by atoms with Crippen LogP contribution < -0.4 is 0 Å². The molecule has 5 aliphatic carbocycles. The van der Waals surface area contributed by atoms with Crippen molar-refractivity contribution in [2.24, 2.45) is 50.2 Å². The number of aliphatic hydroxyl groups excluding tert-OH is 1. The fourth-order valence-electron chi connectivity index (χ4n) is 10.4. The Hall–Kier alpha value is -1.16. The maximum atomic E-state index is 13.0. The zero-order valence-corrected chi connectivity index (χ0v) is 22.3. The number of carbonyl (C=O) groups is 2. The van der Waals surface area contributed by atoms with E-state index in [-0.39, 0.29) is 40.0 Å². The fourth-order valence-corrected chi connectivity index (χ4v) is 10.4. The van der Waals surface area contributed by atoms with Crippen molar-refractivity contribution >= 4 is 11.8 Å². The largest absolute Gasteiger partial charge is 0.481 e. The van der Waals surface area contributed by atoms with E-state index in [4.69, 9.17) is 0 Å². The third-order valence-electron chi connectivity index (χ3n) is 13.2. The van der Waals surface area contributed by atoms with Gasteiger partial charge in [-0.2, -0.15) is 0 Å². The van der Waals surface area contributed by atoms with Crippen LogP contribution in [0.2, 0.25) is 0 Å². The molecule has 0 heterocycles. The molecule has 4 heteroatoms. The van der Waals surface area contributed by atoms with Crippen molar-refractivity contribution < 1.29 is 19.8 Å². The van der Waals surface area contributed by atoms with E-state index < -0.39 is 16.8 Å². The summed E-state index contributed by atoms with van der Waals surface area (Å²) in [6, 6.07) is 0. The van der Waals surface area contributed by atoms with Gasteiger partial charge in [0.25, 0.3) is 0 Å². The summed E-state index contributed by atoms with van der Waals surface area (Å²) in [7, 11) is 0. The molecule has 4 nitrogen and oxygen atoms in total. The number of hydrogen-bond acceptors (Lipinski definition) is 3. The summed E-state index contributed by atoms with van der Waals surface area (Å²) >= 11 is 0. The number of rotatable bonds is 2. The normalized spacial score (nSPS) is 54.7. The zero-order valence-electron chi connectivity index (χ0n) is 22.3. The standard InChI is InChI=1S/C30H46O4/c1-25-13-14-26(2,24(33)34)17-20(25)19-7-8-22-27(3)11-10-23(32)28(4,18-31)21(27)9-12-30(22,6)29(19,5)16-15-25/h7,20-22,31H,8-18H2,1-6H3,(H,33,34)/t20-,21+,22-,25-,26-,27+,28-,29-,30-/m1/s1. The number of aliphatic carboxylic acids is 1. The van der Waals surface area contributed by atoms with E-state index in [1.807, 2.05) is 13.8 Å². The number of carboxylic acids is 1. The molecule has 0 aliphatic heterocycles. The van der Waals surface area contributed by atoms with E-state index >= 15 is 0 Å². The van der Waals surface area contributed by atoms with Gasteiger partial charge in [0.2, 0.25) is 0 Å². The Balaban J connectivity index is 1.57. The molecule has 5 aliphatic rings. The average molecular weight is 471 g/mol. The first-order chi connectivity index (χ1) is 15.7. The summed E-state index contributed by atoms with van der Waals surface area (Å²) in [5.41, 5.74) is 0.781. The van der Waals surface area contributed by atoms with Crippen molar-refractivity contribution in [2.45, 2.75) is 106 Å². The minimum atomic E-state index is -0.634. The summed E-state index contributed by atoms with van der Waals surface area (Å²) in [6.07, 6.45) is 12.1. The van der Waals surface area contributed by atoms with Gasteiger partial charge in [0.15, 0.2) is 0 Å². The van der Waals surface area contributed by atoms with Crippen LogP contribution in [-0.2, 0) is 9.59 Å². The van der Waals surface area contributed by atoms with Gasteiger partial charge in [-0.15, -0.1) is 0 Å². The molecule has 0 aromatic carbocycles. The minimum Gasteiger partial charge on any atom is -0.481 e. The van der Waals surface area contributed by atoms with Crippen LogP contribution in [0.5, 0.6) is 0 Å². The predicted molar refractivity (Wildman–Crippen MR) is 133 cm³/mol. The van der Waals surface area contributed by atoms with Crippen molar-refractivity contribution in [3.05, 3.63) is 11.6 Å². The molecule has 0 bridgehead atoms. The number of fused-ring (bicyclic) bond motifs is 7. The summed E-state index contributed by atoms with van der Waals surface area (Å²) < 4.78 is 0. The molecule has 4 saturated carbocycles. The molecule has 0 radical (unpaired) electrons. The minimum absolute atomic E-state index is 0.0396. The number of aliphatic hydroxyl groups is 1. The first-order valence-electron chi connectivity index (χ1n) is 13.8. The number of ketones is 1. The molecule has 4 fully saturated rings. The molecule has 0 amide bonds. The topological polar surface area (TPSA) is 74.6 Å². The SMILES string of the molecule is C[C@@]1(C(=O)O)CC[C@]2(C)CC[C@]3(C)C(=CC[C@@H]4[C@@]5(C)CCC(=O)[C@](C)(CO)[C@H]5CC[C@]43C)[C@H]2C1. The first-order valence-corrected chi connectivity index (χ1v) is 13.8. The number of hydrogen-bond donors (Lipinski definition) is 2. The lowest BCUT2D eigenvalue weighted by Gasteiger charge is -2.70. The van der Waals surface area contributed by atoms with Crippen LogP contribution in [0.4, 0.5) is 0 Å². The highest BCUT2D eigenvalue weighted by Crippen LogP contribution is 2.75. The third-order valence-corrected chi connectivity index (χ3v) is 13.2. The number of allylic oxidation sites excluding steroid dienone is 2. The fraction of sp³-hybridized carbons (Fsp3) is 0.867. The molecule has 0 spiro atoms. The highest BCUT2D eigenvalue weighted by atomic mass is 16.4. The van der Waals surface area contributed by atoms with E-state index in [0.717, 1.165) is 44.9 Å². The molecule has 2 N–H and O–H groups in total. The Morgan fingerprint density at radius 2 is 1.65 bits per heavy atom. The van der Waals surface area contributed by atoms with Crippen LogP contribution in [0.25, 0.3) is 0 Å². The zero-order chi connectivity index (χ0) is 24.9. The van der Waals surface area contributed by atoms with Gasteiger partial charge in [-0.1, -0.05) is 46.3 Å². The average Bonchev–Trinajstić information content (AvgIpc) is 2.78. The van der Waals surface area contributed by atoms with E-state index in [0.29, 0.717) is 18.3 Å². The maximum Gasteiger partial charge on any atom is 0.309 e. The monoisotopic (exact) mass is 470 g/mol. The molecule has 0 aromatic rings. The van der Waals surface area contributed by atoms with Crippen molar-refractivity contribution in [3.8, 4) is 0 Å². The van der Waals surface area contributed by atoms with E-state index in [1.54, 1.807) is 5.57 Å². The van der Waals surface area contributed by atoms with Crippen molar-refractivity contribution in [2.75, 3.05) is 6.61 Å². The van der Waals surface area contributed by atoms with Crippen LogP contribution in [0.1, 0.15) is 106 Å². The molecule has 9 atom stereocenters. The first kappa shape index (κ1) is 24.5. The number of carboxylic acid groups (broad SMARTS) is 1. The van der Waals surface area contributed by atoms with Gasteiger partial charge in [-0.25, -0.2) is 0 Å². The third kappa shape index (κ3) is 2.81.